The number of rotatable bonds is 9. The molecule has 0 spiro atoms. The molecule has 0 aliphatic heterocycles. The third kappa shape index (κ3) is 15.8. The second-order valence-electron chi connectivity index (χ2n) is 3.84. The Morgan fingerprint density at radius 3 is 1.48 bits per heavy atom. The van der Waals surface area contributed by atoms with Crippen LogP contribution in [0.4, 0.5) is 34.7 Å². The minimum atomic E-state index is -5.90. The molecule has 0 N–H and O–H groups in total. The third-order valence-electron chi connectivity index (χ3n) is 1.70. The Morgan fingerprint density at radius 2 is 1.19 bits per heavy atom. The van der Waals surface area contributed by atoms with Gasteiger partial charge in [-0.2, -0.15) is 26.3 Å². The maximum absolute atomic E-state index is 12.0. The molecular weight excluding hydrogens is 343 g/mol. The molecule has 13 heteroatoms. The molecule has 0 saturated heterocycles. The van der Waals surface area contributed by atoms with Crippen molar-refractivity contribution in [3.63, 3.8) is 0 Å². The number of alkyl halides is 6. The van der Waals surface area contributed by atoms with Crippen molar-refractivity contribution in [2.75, 3.05) is 33.0 Å². The minimum Gasteiger partial charge on any atom is -0.372 e. The van der Waals surface area contributed by atoms with Crippen molar-refractivity contribution in [3.8, 4) is 0 Å². The van der Waals surface area contributed by atoms with Crippen molar-refractivity contribution in [3.05, 3.63) is 0 Å². The number of halogens is 8. The molecule has 0 atom stereocenters. The summed E-state index contributed by atoms with van der Waals surface area (Å²) < 4.78 is 116. The first-order valence-electron chi connectivity index (χ1n) is 5.21. The summed E-state index contributed by atoms with van der Waals surface area (Å²) in [5.41, 5.74) is 0. The van der Waals surface area contributed by atoms with Crippen molar-refractivity contribution in [1.29, 1.82) is 0 Å². The lowest BCUT2D eigenvalue weighted by molar-refractivity contribution is -0.187. The highest BCUT2D eigenvalue weighted by atomic mass is 31.2. The standard InChI is InChI=1S/C8H11F8O4P/c9-7(10,11)4-18-1-6(3-20-21(15,16)17)2-19-5-8(12,13)14/h6H,1-5H2. The van der Waals surface area contributed by atoms with Crippen molar-refractivity contribution in [1.82, 2.24) is 0 Å². The molecular formula is C8H11F8O4P. The highest BCUT2D eigenvalue weighted by molar-refractivity contribution is 7.47. The summed E-state index contributed by atoms with van der Waals surface area (Å²) in [6.07, 6.45) is -9.37. The van der Waals surface area contributed by atoms with Crippen molar-refractivity contribution in [2.45, 2.75) is 12.4 Å². The summed E-state index contributed by atoms with van der Waals surface area (Å²) in [5, 5.41) is 0. The predicted octanol–water partition coefficient (Wildman–Crippen LogP) is 3.82. The van der Waals surface area contributed by atoms with Crippen LogP contribution in [0.2, 0.25) is 0 Å². The lowest BCUT2D eigenvalue weighted by Gasteiger charge is -2.18. The molecule has 0 saturated carbocycles. The zero-order valence-corrected chi connectivity index (χ0v) is 11.1. The summed E-state index contributed by atoms with van der Waals surface area (Å²) in [5.74, 6) is -1.37. The van der Waals surface area contributed by atoms with Gasteiger partial charge in [-0.15, -0.1) is 8.39 Å². The Kier molecular flexibility index (Phi) is 8.08. The summed E-state index contributed by atoms with van der Waals surface area (Å²) in [4.78, 5) is 0. The van der Waals surface area contributed by atoms with E-state index in [0.717, 1.165) is 0 Å². The average molecular weight is 354 g/mol. The van der Waals surface area contributed by atoms with E-state index in [1.54, 1.807) is 0 Å². The monoisotopic (exact) mass is 354 g/mol. The smallest absolute Gasteiger partial charge is 0.372 e. The van der Waals surface area contributed by atoms with Crippen LogP contribution in [0.5, 0.6) is 0 Å². The molecule has 0 unspecified atom stereocenters. The fraction of sp³-hybridized carbons (Fsp3) is 1.00. The molecule has 0 amide bonds. The molecule has 0 aromatic rings. The van der Waals surface area contributed by atoms with E-state index in [9.17, 15) is 39.3 Å². The van der Waals surface area contributed by atoms with E-state index in [0.29, 0.717) is 0 Å². The van der Waals surface area contributed by atoms with Gasteiger partial charge in [0, 0.05) is 5.92 Å². The molecule has 0 rings (SSSR count). The Hall–Kier alpha value is -0.450. The Balaban J connectivity index is 4.24. The Morgan fingerprint density at radius 1 is 0.810 bits per heavy atom. The van der Waals surface area contributed by atoms with Crippen molar-refractivity contribution < 1.29 is 53.3 Å². The van der Waals surface area contributed by atoms with Crippen LogP contribution >= 0.6 is 7.99 Å². The molecule has 0 heterocycles. The highest BCUT2D eigenvalue weighted by Crippen LogP contribution is 2.50. The molecule has 0 bridgehead atoms. The van der Waals surface area contributed by atoms with Crippen LogP contribution in [0.25, 0.3) is 0 Å². The minimum absolute atomic E-state index is 0.850. The quantitative estimate of drug-likeness (QED) is 0.466. The van der Waals surface area contributed by atoms with Gasteiger partial charge in [-0.3, -0.25) is 4.52 Å². The summed E-state index contributed by atoms with van der Waals surface area (Å²) in [6, 6.07) is 0. The Labute approximate surface area is 114 Å². The fourth-order valence-corrected chi connectivity index (χ4v) is 1.40. The van der Waals surface area contributed by atoms with Gasteiger partial charge in [0.25, 0.3) is 0 Å². The molecule has 128 valence electrons. The summed E-state index contributed by atoms with van der Waals surface area (Å²) in [6.45, 7) is -6.20. The SMILES string of the molecule is O=P(F)(F)OCC(COCC(F)(F)F)COCC(F)(F)F. The van der Waals surface area contributed by atoms with E-state index in [1.807, 2.05) is 0 Å². The maximum Gasteiger partial charge on any atom is 0.551 e. The normalized spacial score (nSPS) is 14.0. The molecule has 0 radical (unpaired) electrons. The van der Waals surface area contributed by atoms with E-state index in [2.05, 4.69) is 14.0 Å². The zero-order valence-electron chi connectivity index (χ0n) is 10.2. The van der Waals surface area contributed by atoms with E-state index >= 15 is 0 Å². The highest BCUT2D eigenvalue weighted by Gasteiger charge is 2.30. The van der Waals surface area contributed by atoms with Gasteiger partial charge in [-0.05, 0) is 0 Å². The van der Waals surface area contributed by atoms with Gasteiger partial charge < -0.3 is 9.47 Å². The molecule has 0 aromatic carbocycles. The lowest BCUT2D eigenvalue weighted by atomic mass is 10.2. The van der Waals surface area contributed by atoms with Crippen LogP contribution in [-0.2, 0) is 18.6 Å². The summed E-state index contributed by atoms with van der Waals surface area (Å²) >= 11 is 0. The first-order valence-corrected chi connectivity index (χ1v) is 6.62. The molecule has 0 aromatic heterocycles. The van der Waals surface area contributed by atoms with Crippen molar-refractivity contribution in [2.24, 2.45) is 5.92 Å². The second-order valence-corrected chi connectivity index (χ2v) is 4.92. The number of hydrogen-bond acceptors (Lipinski definition) is 4. The van der Waals surface area contributed by atoms with Crippen LogP contribution in [0.1, 0.15) is 0 Å². The number of ether oxygens (including phenoxy) is 2. The van der Waals surface area contributed by atoms with E-state index in [4.69, 9.17) is 0 Å². The molecule has 0 aliphatic rings. The van der Waals surface area contributed by atoms with Gasteiger partial charge in [-0.25, -0.2) is 4.57 Å². The van der Waals surface area contributed by atoms with Gasteiger partial charge in [0.1, 0.15) is 13.2 Å². The Bertz CT molecular complexity index is 318. The molecule has 4 nitrogen and oxygen atoms in total. The largest absolute Gasteiger partial charge is 0.551 e. The zero-order chi connectivity index (χ0) is 16.7. The predicted molar refractivity (Wildman–Crippen MR) is 53.0 cm³/mol. The maximum atomic E-state index is 12.0. The fourth-order valence-electron chi connectivity index (χ4n) is 1.02. The number of hydrogen-bond donors (Lipinski definition) is 0. The van der Waals surface area contributed by atoms with Crippen LogP contribution in [0, 0.1) is 5.92 Å². The third-order valence-corrected chi connectivity index (χ3v) is 2.15. The lowest BCUT2D eigenvalue weighted by Crippen LogP contribution is -2.27. The summed E-state index contributed by atoms with van der Waals surface area (Å²) in [7, 11) is -5.90. The van der Waals surface area contributed by atoms with Crippen LogP contribution in [0.3, 0.4) is 0 Å². The molecule has 0 fully saturated rings. The van der Waals surface area contributed by atoms with E-state index < -0.39 is 59.3 Å². The van der Waals surface area contributed by atoms with Gasteiger partial charge >= 0.3 is 20.3 Å². The molecule has 21 heavy (non-hydrogen) atoms. The van der Waals surface area contributed by atoms with E-state index in [1.165, 1.54) is 0 Å². The van der Waals surface area contributed by atoms with Gasteiger partial charge in [0.2, 0.25) is 0 Å². The first kappa shape index (κ1) is 20.6. The topological polar surface area (TPSA) is 44.8 Å². The van der Waals surface area contributed by atoms with Crippen LogP contribution in [0.15, 0.2) is 0 Å². The van der Waals surface area contributed by atoms with Crippen LogP contribution < -0.4 is 0 Å². The van der Waals surface area contributed by atoms with Crippen molar-refractivity contribution >= 4 is 7.99 Å². The van der Waals surface area contributed by atoms with Crippen LogP contribution in [-0.4, -0.2) is 45.4 Å². The second kappa shape index (κ2) is 8.25. The van der Waals surface area contributed by atoms with E-state index in [-0.39, 0.29) is 0 Å². The first-order chi connectivity index (χ1) is 9.29. The van der Waals surface area contributed by atoms with Gasteiger partial charge in [-0.1, -0.05) is 0 Å². The van der Waals surface area contributed by atoms with Gasteiger partial charge in [0.05, 0.1) is 19.8 Å². The van der Waals surface area contributed by atoms with Gasteiger partial charge in [0.15, 0.2) is 0 Å². The molecule has 0 aliphatic carbocycles. The average Bonchev–Trinajstić information content (AvgIpc) is 2.20.